The van der Waals surface area contributed by atoms with Crippen LogP contribution in [0.4, 0.5) is 5.13 Å². The number of thiazole rings is 1. The SMILES string of the molecule is C[C@H](CC(=O)Nc1nc2ccc(Cl)cc2s1)n1cccn1. The first-order valence-electron chi connectivity index (χ1n) is 6.47. The zero-order chi connectivity index (χ0) is 14.8. The number of carbonyl (C=O) groups is 1. The lowest BCUT2D eigenvalue weighted by molar-refractivity contribution is -0.116. The van der Waals surface area contributed by atoms with Gasteiger partial charge in [-0.3, -0.25) is 9.48 Å². The molecule has 0 aliphatic rings. The number of fused-ring (bicyclic) bond motifs is 1. The Bertz CT molecular complexity index is 768. The highest BCUT2D eigenvalue weighted by Crippen LogP contribution is 2.28. The van der Waals surface area contributed by atoms with Crippen LogP contribution >= 0.6 is 22.9 Å². The van der Waals surface area contributed by atoms with E-state index >= 15 is 0 Å². The maximum absolute atomic E-state index is 12.1. The standard InChI is InChI=1S/C14H13ClN4OS/c1-9(19-6-2-5-16-19)7-13(20)18-14-17-11-4-3-10(15)8-12(11)21-14/h2-6,8-9H,7H2,1H3,(H,17,18,20)/t9-/m1/s1. The molecule has 3 rings (SSSR count). The van der Waals surface area contributed by atoms with Crippen LogP contribution in [0.3, 0.4) is 0 Å². The molecule has 0 saturated heterocycles. The Morgan fingerprint density at radius 1 is 1.52 bits per heavy atom. The van der Waals surface area contributed by atoms with Gasteiger partial charge in [0.25, 0.3) is 0 Å². The van der Waals surface area contributed by atoms with Crippen molar-refractivity contribution in [3.63, 3.8) is 0 Å². The number of amides is 1. The first-order valence-corrected chi connectivity index (χ1v) is 7.66. The molecule has 2 aromatic heterocycles. The maximum atomic E-state index is 12.1. The van der Waals surface area contributed by atoms with Crippen LogP contribution in [0.2, 0.25) is 5.02 Å². The fourth-order valence-electron chi connectivity index (χ4n) is 2.03. The maximum Gasteiger partial charge on any atom is 0.228 e. The van der Waals surface area contributed by atoms with Crippen molar-refractivity contribution in [3.05, 3.63) is 41.7 Å². The average molecular weight is 321 g/mol. The van der Waals surface area contributed by atoms with Crippen LogP contribution in [0.25, 0.3) is 10.2 Å². The van der Waals surface area contributed by atoms with Gasteiger partial charge in [0.1, 0.15) is 0 Å². The van der Waals surface area contributed by atoms with E-state index in [-0.39, 0.29) is 11.9 Å². The van der Waals surface area contributed by atoms with Gasteiger partial charge in [-0.1, -0.05) is 22.9 Å². The molecule has 2 heterocycles. The van der Waals surface area contributed by atoms with Crippen molar-refractivity contribution in [3.8, 4) is 0 Å². The summed E-state index contributed by atoms with van der Waals surface area (Å²) in [4.78, 5) is 16.4. The Labute approximate surface area is 130 Å². The minimum Gasteiger partial charge on any atom is -0.302 e. The summed E-state index contributed by atoms with van der Waals surface area (Å²) in [5, 5.41) is 8.21. The Balaban J connectivity index is 1.68. The second kappa shape index (κ2) is 5.83. The molecule has 0 fully saturated rings. The monoisotopic (exact) mass is 320 g/mol. The van der Waals surface area contributed by atoms with Gasteiger partial charge in [0.2, 0.25) is 5.91 Å². The first kappa shape index (κ1) is 14.0. The summed E-state index contributed by atoms with van der Waals surface area (Å²) >= 11 is 7.36. The molecule has 0 saturated carbocycles. The number of benzene rings is 1. The van der Waals surface area contributed by atoms with Crippen LogP contribution in [-0.4, -0.2) is 20.7 Å². The van der Waals surface area contributed by atoms with Crippen LogP contribution in [0.5, 0.6) is 0 Å². The van der Waals surface area contributed by atoms with E-state index in [1.807, 2.05) is 31.3 Å². The van der Waals surface area contributed by atoms with Gasteiger partial charge < -0.3 is 5.32 Å². The number of anilines is 1. The average Bonchev–Trinajstić information content (AvgIpc) is 3.06. The predicted molar refractivity (Wildman–Crippen MR) is 84.8 cm³/mol. The van der Waals surface area contributed by atoms with E-state index < -0.39 is 0 Å². The number of nitrogens with zero attached hydrogens (tertiary/aromatic N) is 3. The number of carbonyl (C=O) groups excluding carboxylic acids is 1. The van der Waals surface area contributed by atoms with Crippen LogP contribution < -0.4 is 5.32 Å². The second-order valence-electron chi connectivity index (χ2n) is 4.72. The van der Waals surface area contributed by atoms with Crippen molar-refractivity contribution < 1.29 is 4.79 Å². The van der Waals surface area contributed by atoms with E-state index in [4.69, 9.17) is 11.6 Å². The molecule has 0 bridgehead atoms. The highest BCUT2D eigenvalue weighted by Gasteiger charge is 2.13. The zero-order valence-corrected chi connectivity index (χ0v) is 12.9. The molecule has 1 amide bonds. The summed E-state index contributed by atoms with van der Waals surface area (Å²) in [6.45, 7) is 1.95. The number of rotatable bonds is 4. The number of hydrogen-bond donors (Lipinski definition) is 1. The Morgan fingerprint density at radius 3 is 3.14 bits per heavy atom. The van der Waals surface area contributed by atoms with Crippen LogP contribution in [0.15, 0.2) is 36.7 Å². The molecule has 5 nitrogen and oxygen atoms in total. The lowest BCUT2D eigenvalue weighted by Crippen LogP contribution is -2.17. The summed E-state index contributed by atoms with van der Waals surface area (Å²) in [6.07, 6.45) is 3.89. The second-order valence-corrected chi connectivity index (χ2v) is 6.19. The van der Waals surface area contributed by atoms with Gasteiger partial charge in [-0.25, -0.2) is 4.98 Å². The van der Waals surface area contributed by atoms with Gasteiger partial charge in [0.05, 0.1) is 16.3 Å². The minimum atomic E-state index is -0.0804. The van der Waals surface area contributed by atoms with Crippen molar-refractivity contribution in [2.24, 2.45) is 0 Å². The third kappa shape index (κ3) is 3.22. The lowest BCUT2D eigenvalue weighted by Gasteiger charge is -2.10. The minimum absolute atomic E-state index is 0.00354. The molecule has 0 aliphatic heterocycles. The highest BCUT2D eigenvalue weighted by atomic mass is 35.5. The van der Waals surface area contributed by atoms with E-state index in [2.05, 4.69) is 15.4 Å². The van der Waals surface area contributed by atoms with Gasteiger partial charge in [-0.05, 0) is 31.2 Å². The summed E-state index contributed by atoms with van der Waals surface area (Å²) in [6, 6.07) is 7.32. The summed E-state index contributed by atoms with van der Waals surface area (Å²) in [7, 11) is 0. The lowest BCUT2D eigenvalue weighted by atomic mass is 10.2. The molecule has 7 heteroatoms. The molecule has 1 atom stereocenters. The molecule has 0 unspecified atom stereocenters. The Morgan fingerprint density at radius 2 is 2.38 bits per heavy atom. The number of hydrogen-bond acceptors (Lipinski definition) is 4. The largest absolute Gasteiger partial charge is 0.302 e. The third-order valence-electron chi connectivity index (χ3n) is 3.05. The van der Waals surface area contributed by atoms with Crippen molar-refractivity contribution >= 4 is 44.2 Å². The van der Waals surface area contributed by atoms with Gasteiger partial charge in [0, 0.05) is 23.8 Å². The van der Waals surface area contributed by atoms with Crippen molar-refractivity contribution in [1.82, 2.24) is 14.8 Å². The fourth-order valence-corrected chi connectivity index (χ4v) is 3.18. The first-order chi connectivity index (χ1) is 10.1. The van der Waals surface area contributed by atoms with Gasteiger partial charge in [-0.2, -0.15) is 5.10 Å². The van der Waals surface area contributed by atoms with E-state index in [1.54, 1.807) is 16.9 Å². The predicted octanol–water partition coefficient (Wildman–Crippen LogP) is 3.74. The van der Waals surface area contributed by atoms with Gasteiger partial charge >= 0.3 is 0 Å². The van der Waals surface area contributed by atoms with Crippen LogP contribution in [0, 0.1) is 0 Å². The van der Waals surface area contributed by atoms with Crippen molar-refractivity contribution in [1.29, 1.82) is 0 Å². The molecular formula is C14H13ClN4OS. The third-order valence-corrected chi connectivity index (χ3v) is 4.22. The van der Waals surface area contributed by atoms with E-state index in [9.17, 15) is 4.79 Å². The normalized spacial score (nSPS) is 12.5. The van der Waals surface area contributed by atoms with Crippen molar-refractivity contribution in [2.45, 2.75) is 19.4 Å². The summed E-state index contributed by atoms with van der Waals surface area (Å²) in [5.41, 5.74) is 0.833. The number of halogens is 1. The smallest absolute Gasteiger partial charge is 0.228 e. The highest BCUT2D eigenvalue weighted by molar-refractivity contribution is 7.22. The van der Waals surface area contributed by atoms with E-state index in [1.165, 1.54) is 11.3 Å². The Kier molecular flexibility index (Phi) is 3.90. The molecule has 0 radical (unpaired) electrons. The molecule has 0 aliphatic carbocycles. The fraction of sp³-hybridized carbons (Fsp3) is 0.214. The Hall–Kier alpha value is -1.92. The zero-order valence-electron chi connectivity index (χ0n) is 11.3. The number of aromatic nitrogens is 3. The molecular weight excluding hydrogens is 308 g/mol. The molecule has 1 N–H and O–H groups in total. The molecule has 0 spiro atoms. The van der Waals surface area contributed by atoms with Crippen LogP contribution in [0.1, 0.15) is 19.4 Å². The summed E-state index contributed by atoms with van der Waals surface area (Å²) < 4.78 is 2.72. The van der Waals surface area contributed by atoms with Gasteiger partial charge in [0.15, 0.2) is 5.13 Å². The summed E-state index contributed by atoms with van der Waals surface area (Å²) in [5.74, 6) is -0.0804. The molecule has 108 valence electrons. The van der Waals surface area contributed by atoms with Gasteiger partial charge in [-0.15, -0.1) is 0 Å². The van der Waals surface area contributed by atoms with Crippen molar-refractivity contribution in [2.75, 3.05) is 5.32 Å². The van der Waals surface area contributed by atoms with E-state index in [0.717, 1.165) is 10.2 Å². The molecule has 21 heavy (non-hydrogen) atoms. The molecule has 3 aromatic rings. The quantitative estimate of drug-likeness (QED) is 0.796. The molecule has 1 aromatic carbocycles. The van der Waals surface area contributed by atoms with Crippen LogP contribution in [-0.2, 0) is 4.79 Å². The number of nitrogens with one attached hydrogen (secondary N) is 1. The van der Waals surface area contributed by atoms with E-state index in [0.29, 0.717) is 16.6 Å². The topological polar surface area (TPSA) is 59.8 Å².